The number of piperazine rings is 1. The number of imidazole rings is 1. The number of carbonyl (C=O) groups excluding carboxylic acids is 1. The Morgan fingerprint density at radius 2 is 1.96 bits per heavy atom. The second-order valence-corrected chi connectivity index (χ2v) is 6.73. The number of carbonyl (C=O) groups is 1. The number of hydrogen-bond acceptors (Lipinski definition) is 4. The Labute approximate surface area is 147 Å². The van der Waals surface area contributed by atoms with Gasteiger partial charge >= 0.3 is 0 Å². The van der Waals surface area contributed by atoms with Crippen LogP contribution in [-0.2, 0) is 6.54 Å². The zero-order valence-electron chi connectivity index (χ0n) is 14.4. The van der Waals surface area contributed by atoms with Crippen LogP contribution >= 0.6 is 0 Å². The van der Waals surface area contributed by atoms with E-state index in [-0.39, 0.29) is 0 Å². The fourth-order valence-electron chi connectivity index (χ4n) is 3.37. The summed E-state index contributed by atoms with van der Waals surface area (Å²) in [6, 6.07) is 12.3. The Balaban J connectivity index is 1.62. The maximum atomic E-state index is 11.1. The molecule has 0 saturated carbocycles. The molecule has 25 heavy (non-hydrogen) atoms. The Hall–Kier alpha value is -2.50. The van der Waals surface area contributed by atoms with Gasteiger partial charge in [0, 0.05) is 50.0 Å². The summed E-state index contributed by atoms with van der Waals surface area (Å²) in [7, 11) is 2.18. The van der Waals surface area contributed by atoms with Gasteiger partial charge in [0.25, 0.3) is 0 Å². The lowest BCUT2D eigenvalue weighted by molar-refractivity contribution is 0.112. The minimum atomic E-state index is 0.653. The first-order valence-corrected chi connectivity index (χ1v) is 8.65. The summed E-state index contributed by atoms with van der Waals surface area (Å²) in [5.74, 6) is 0. The lowest BCUT2D eigenvalue weighted by Crippen LogP contribution is -2.43. The standard InChI is InChI=1S/C20H22N4O/c1-22-7-9-23(10-8-22)13-16-3-2-4-18(11-16)19-12-21-20-6-5-17(15-25)14-24(19)20/h2-6,11-12,14-15H,7-10,13H2,1H3. The van der Waals surface area contributed by atoms with Crippen molar-refractivity contribution in [2.75, 3.05) is 33.2 Å². The van der Waals surface area contributed by atoms with Crippen LogP contribution in [0.5, 0.6) is 0 Å². The molecule has 3 heterocycles. The molecule has 0 spiro atoms. The maximum Gasteiger partial charge on any atom is 0.151 e. The quantitative estimate of drug-likeness (QED) is 0.688. The zero-order chi connectivity index (χ0) is 17.2. The highest BCUT2D eigenvalue weighted by molar-refractivity contribution is 5.76. The van der Waals surface area contributed by atoms with E-state index >= 15 is 0 Å². The fraction of sp³-hybridized carbons (Fsp3) is 0.300. The van der Waals surface area contributed by atoms with E-state index in [9.17, 15) is 4.79 Å². The topological polar surface area (TPSA) is 40.8 Å². The molecule has 5 nitrogen and oxygen atoms in total. The zero-order valence-corrected chi connectivity index (χ0v) is 14.4. The normalized spacial score (nSPS) is 16.4. The number of nitrogens with zero attached hydrogens (tertiary/aromatic N) is 4. The molecule has 0 atom stereocenters. The number of benzene rings is 1. The van der Waals surface area contributed by atoms with Gasteiger partial charge in [-0.2, -0.15) is 0 Å². The second-order valence-electron chi connectivity index (χ2n) is 6.73. The molecule has 0 radical (unpaired) electrons. The fourth-order valence-corrected chi connectivity index (χ4v) is 3.37. The van der Waals surface area contributed by atoms with E-state index in [0.717, 1.165) is 55.9 Å². The van der Waals surface area contributed by atoms with Crippen LogP contribution in [0.15, 0.2) is 48.8 Å². The molecule has 1 aliphatic heterocycles. The van der Waals surface area contributed by atoms with Crippen LogP contribution < -0.4 is 0 Å². The molecule has 0 unspecified atom stereocenters. The van der Waals surface area contributed by atoms with Gasteiger partial charge in [-0.25, -0.2) is 4.98 Å². The molecule has 0 bridgehead atoms. The highest BCUT2D eigenvalue weighted by Crippen LogP contribution is 2.23. The molecule has 1 saturated heterocycles. The van der Waals surface area contributed by atoms with E-state index < -0.39 is 0 Å². The van der Waals surface area contributed by atoms with E-state index in [1.165, 1.54) is 5.56 Å². The van der Waals surface area contributed by atoms with Gasteiger partial charge in [0.05, 0.1) is 11.9 Å². The van der Waals surface area contributed by atoms with Gasteiger partial charge in [-0.3, -0.25) is 14.1 Å². The number of pyridine rings is 1. The SMILES string of the molecule is CN1CCN(Cc2cccc(-c3cnc4ccc(C=O)cn34)c2)CC1. The molecule has 128 valence electrons. The van der Waals surface area contributed by atoms with Crippen LogP contribution in [0.3, 0.4) is 0 Å². The van der Waals surface area contributed by atoms with Gasteiger partial charge in [0.15, 0.2) is 6.29 Å². The van der Waals surface area contributed by atoms with E-state index in [0.29, 0.717) is 5.56 Å². The number of hydrogen-bond donors (Lipinski definition) is 0. The average molecular weight is 334 g/mol. The number of aldehydes is 1. The van der Waals surface area contributed by atoms with Crippen molar-refractivity contribution < 1.29 is 4.79 Å². The van der Waals surface area contributed by atoms with Gasteiger partial charge < -0.3 is 4.90 Å². The molecular weight excluding hydrogens is 312 g/mol. The molecular formula is C20H22N4O. The van der Waals surface area contributed by atoms with Crippen molar-refractivity contribution in [1.29, 1.82) is 0 Å². The summed E-state index contributed by atoms with van der Waals surface area (Å²) in [5, 5.41) is 0. The Morgan fingerprint density at radius 1 is 1.12 bits per heavy atom. The van der Waals surface area contributed by atoms with Crippen molar-refractivity contribution in [2.45, 2.75) is 6.54 Å². The van der Waals surface area contributed by atoms with Crippen LogP contribution in [-0.4, -0.2) is 58.7 Å². The van der Waals surface area contributed by atoms with E-state index in [1.807, 2.05) is 22.9 Å². The van der Waals surface area contributed by atoms with Crippen molar-refractivity contribution in [3.05, 3.63) is 59.9 Å². The Kier molecular flexibility index (Phi) is 4.34. The van der Waals surface area contributed by atoms with Crippen molar-refractivity contribution in [3.63, 3.8) is 0 Å². The lowest BCUT2D eigenvalue weighted by Gasteiger charge is -2.32. The Morgan fingerprint density at radius 3 is 2.76 bits per heavy atom. The minimum absolute atomic E-state index is 0.653. The molecule has 1 aliphatic rings. The minimum Gasteiger partial charge on any atom is -0.304 e. The third kappa shape index (κ3) is 3.34. The summed E-state index contributed by atoms with van der Waals surface area (Å²) in [4.78, 5) is 20.4. The van der Waals surface area contributed by atoms with E-state index in [1.54, 1.807) is 6.07 Å². The van der Waals surface area contributed by atoms with E-state index in [2.05, 4.69) is 46.1 Å². The summed E-state index contributed by atoms with van der Waals surface area (Å²) in [6.07, 6.45) is 4.59. The molecule has 4 rings (SSSR count). The van der Waals surface area contributed by atoms with E-state index in [4.69, 9.17) is 0 Å². The van der Waals surface area contributed by atoms with Crippen LogP contribution in [0.25, 0.3) is 16.9 Å². The average Bonchev–Trinajstić information content (AvgIpc) is 3.07. The first-order chi connectivity index (χ1) is 12.2. The summed E-state index contributed by atoms with van der Waals surface area (Å²) < 4.78 is 1.98. The van der Waals surface area contributed by atoms with Crippen molar-refractivity contribution in [3.8, 4) is 11.3 Å². The number of likely N-dealkylation sites (N-methyl/N-ethyl adjacent to an activating group) is 1. The predicted molar refractivity (Wildman–Crippen MR) is 98.8 cm³/mol. The lowest BCUT2D eigenvalue weighted by atomic mass is 10.1. The van der Waals surface area contributed by atoms with Gasteiger partial charge in [-0.15, -0.1) is 0 Å². The van der Waals surface area contributed by atoms with Crippen molar-refractivity contribution >= 4 is 11.9 Å². The largest absolute Gasteiger partial charge is 0.304 e. The predicted octanol–water partition coefficient (Wildman–Crippen LogP) is 2.56. The van der Waals surface area contributed by atoms with Crippen LogP contribution in [0.4, 0.5) is 0 Å². The third-order valence-electron chi connectivity index (χ3n) is 4.89. The summed E-state index contributed by atoms with van der Waals surface area (Å²) in [6.45, 7) is 5.44. The molecule has 3 aromatic rings. The molecule has 1 aromatic carbocycles. The first kappa shape index (κ1) is 16.0. The molecule has 0 N–H and O–H groups in total. The summed E-state index contributed by atoms with van der Waals surface area (Å²) >= 11 is 0. The highest BCUT2D eigenvalue weighted by Gasteiger charge is 2.14. The number of aromatic nitrogens is 2. The van der Waals surface area contributed by atoms with Crippen molar-refractivity contribution in [2.24, 2.45) is 0 Å². The second kappa shape index (κ2) is 6.78. The molecule has 1 fully saturated rings. The molecule has 0 amide bonds. The monoisotopic (exact) mass is 334 g/mol. The number of rotatable bonds is 4. The first-order valence-electron chi connectivity index (χ1n) is 8.65. The van der Waals surface area contributed by atoms with Gasteiger partial charge in [0.2, 0.25) is 0 Å². The van der Waals surface area contributed by atoms with Gasteiger partial charge in [0.1, 0.15) is 5.65 Å². The molecule has 2 aromatic heterocycles. The molecule has 5 heteroatoms. The smallest absolute Gasteiger partial charge is 0.151 e. The Bertz CT molecular complexity index is 894. The summed E-state index contributed by atoms with van der Waals surface area (Å²) in [5.41, 5.74) is 4.95. The van der Waals surface area contributed by atoms with Crippen molar-refractivity contribution in [1.82, 2.24) is 19.2 Å². The van der Waals surface area contributed by atoms with Gasteiger partial charge in [-0.05, 0) is 30.8 Å². The number of fused-ring (bicyclic) bond motifs is 1. The van der Waals surface area contributed by atoms with Gasteiger partial charge in [-0.1, -0.05) is 18.2 Å². The highest BCUT2D eigenvalue weighted by atomic mass is 16.1. The molecule has 0 aliphatic carbocycles. The van der Waals surface area contributed by atoms with Crippen LogP contribution in [0.1, 0.15) is 15.9 Å². The maximum absolute atomic E-state index is 11.1. The van der Waals surface area contributed by atoms with Crippen LogP contribution in [0.2, 0.25) is 0 Å². The third-order valence-corrected chi connectivity index (χ3v) is 4.89. The van der Waals surface area contributed by atoms with Crippen LogP contribution in [0, 0.1) is 0 Å².